The Hall–Kier alpha value is -1.63. The maximum absolute atomic E-state index is 12.1. The number of benzene rings is 1. The summed E-state index contributed by atoms with van der Waals surface area (Å²) < 4.78 is 5.29. The van der Waals surface area contributed by atoms with E-state index in [-0.39, 0.29) is 5.91 Å². The van der Waals surface area contributed by atoms with Crippen molar-refractivity contribution < 1.29 is 14.6 Å². The predicted octanol–water partition coefficient (Wildman–Crippen LogP) is 0.889. The monoisotopic (exact) mass is 307 g/mol. The number of hydrogen-bond donors (Lipinski definition) is 3. The van der Waals surface area contributed by atoms with Crippen LogP contribution in [0.25, 0.3) is 0 Å². The molecule has 1 aliphatic rings. The molecule has 0 aliphatic carbocycles. The number of amides is 1. The third-order valence-corrected chi connectivity index (χ3v) is 3.41. The molecule has 1 aromatic carbocycles. The van der Waals surface area contributed by atoms with Gasteiger partial charge in [0.2, 0.25) is 0 Å². The highest BCUT2D eigenvalue weighted by atomic mass is 16.5. The van der Waals surface area contributed by atoms with Crippen LogP contribution < -0.4 is 10.6 Å². The summed E-state index contributed by atoms with van der Waals surface area (Å²) in [5.41, 5.74) is 0.405. The molecule has 1 heterocycles. The highest BCUT2D eigenvalue weighted by Crippen LogP contribution is 2.14. The van der Waals surface area contributed by atoms with Gasteiger partial charge in [0.05, 0.1) is 13.2 Å². The number of hydrogen-bond acceptors (Lipinski definition) is 5. The number of nitrogens with one attached hydrogen (secondary N) is 2. The lowest BCUT2D eigenvalue weighted by molar-refractivity contribution is 0.0383. The fourth-order valence-electron chi connectivity index (χ4n) is 2.31. The van der Waals surface area contributed by atoms with Crippen LogP contribution in [0, 0.1) is 0 Å². The van der Waals surface area contributed by atoms with Gasteiger partial charge in [-0.15, -0.1) is 0 Å². The van der Waals surface area contributed by atoms with Gasteiger partial charge < -0.3 is 20.5 Å². The zero-order valence-electron chi connectivity index (χ0n) is 13.3. The molecular formula is C16H25N3O3. The van der Waals surface area contributed by atoms with E-state index in [4.69, 9.17) is 4.74 Å². The van der Waals surface area contributed by atoms with Crippen LogP contribution >= 0.6 is 0 Å². The van der Waals surface area contributed by atoms with E-state index in [9.17, 15) is 9.90 Å². The van der Waals surface area contributed by atoms with Crippen molar-refractivity contribution in [2.24, 2.45) is 0 Å². The summed E-state index contributed by atoms with van der Waals surface area (Å²) in [6.45, 7) is 8.18. The van der Waals surface area contributed by atoms with Crippen molar-refractivity contribution in [2.75, 3.05) is 44.7 Å². The molecule has 0 atom stereocenters. The van der Waals surface area contributed by atoms with Gasteiger partial charge in [0.15, 0.2) is 0 Å². The number of anilines is 1. The SMILES string of the molecule is CC(C)(O)Nc1ccc(C(=O)NCCN2CCOCC2)cc1. The quantitative estimate of drug-likeness (QED) is 0.681. The molecule has 122 valence electrons. The Kier molecular flexibility index (Phi) is 5.76. The summed E-state index contributed by atoms with van der Waals surface area (Å²) in [5, 5.41) is 15.5. The van der Waals surface area contributed by atoms with Crippen molar-refractivity contribution in [1.29, 1.82) is 0 Å². The maximum Gasteiger partial charge on any atom is 0.251 e. The molecule has 1 fully saturated rings. The lowest BCUT2D eigenvalue weighted by atomic mass is 10.1. The smallest absolute Gasteiger partial charge is 0.251 e. The van der Waals surface area contributed by atoms with Crippen LogP contribution in [0.15, 0.2) is 24.3 Å². The van der Waals surface area contributed by atoms with E-state index in [0.717, 1.165) is 38.5 Å². The van der Waals surface area contributed by atoms with Crippen LogP contribution in [0.5, 0.6) is 0 Å². The van der Waals surface area contributed by atoms with E-state index in [1.165, 1.54) is 0 Å². The first-order valence-electron chi connectivity index (χ1n) is 7.63. The Balaban J connectivity index is 1.77. The lowest BCUT2D eigenvalue weighted by Crippen LogP contribution is -2.41. The fraction of sp³-hybridized carbons (Fsp3) is 0.562. The van der Waals surface area contributed by atoms with Gasteiger partial charge in [0, 0.05) is 37.4 Å². The van der Waals surface area contributed by atoms with E-state index in [1.807, 2.05) is 0 Å². The third kappa shape index (κ3) is 5.63. The first kappa shape index (κ1) is 16.7. The van der Waals surface area contributed by atoms with Crippen LogP contribution in [-0.4, -0.2) is 61.0 Å². The zero-order chi connectivity index (χ0) is 16.0. The summed E-state index contributed by atoms with van der Waals surface area (Å²) in [6, 6.07) is 7.07. The molecule has 0 bridgehead atoms. The molecule has 1 aromatic rings. The number of morpholine rings is 1. The lowest BCUT2D eigenvalue weighted by Gasteiger charge is -2.26. The molecule has 6 nitrogen and oxygen atoms in total. The molecular weight excluding hydrogens is 282 g/mol. The first-order chi connectivity index (χ1) is 10.4. The Morgan fingerprint density at radius 2 is 1.91 bits per heavy atom. The number of ether oxygens (including phenoxy) is 1. The number of rotatable bonds is 6. The van der Waals surface area contributed by atoms with Gasteiger partial charge in [0.25, 0.3) is 5.91 Å². The van der Waals surface area contributed by atoms with Crippen LogP contribution in [0.4, 0.5) is 5.69 Å². The number of nitrogens with zero attached hydrogens (tertiary/aromatic N) is 1. The van der Waals surface area contributed by atoms with E-state index in [2.05, 4.69) is 15.5 Å². The fourth-order valence-corrected chi connectivity index (χ4v) is 2.31. The van der Waals surface area contributed by atoms with Gasteiger partial charge >= 0.3 is 0 Å². The molecule has 0 radical (unpaired) electrons. The predicted molar refractivity (Wildman–Crippen MR) is 86.0 cm³/mol. The van der Waals surface area contributed by atoms with Gasteiger partial charge in [0.1, 0.15) is 5.72 Å². The van der Waals surface area contributed by atoms with Crippen molar-refractivity contribution in [3.63, 3.8) is 0 Å². The van der Waals surface area contributed by atoms with Crippen LogP contribution in [-0.2, 0) is 4.74 Å². The molecule has 1 saturated heterocycles. The summed E-state index contributed by atoms with van der Waals surface area (Å²) in [6.07, 6.45) is 0. The minimum Gasteiger partial charge on any atom is -0.379 e. The summed E-state index contributed by atoms with van der Waals surface area (Å²) in [5.74, 6) is -0.0805. The minimum atomic E-state index is -0.984. The Morgan fingerprint density at radius 3 is 2.50 bits per heavy atom. The van der Waals surface area contributed by atoms with Gasteiger partial charge in [-0.25, -0.2) is 0 Å². The first-order valence-corrected chi connectivity index (χ1v) is 7.63. The maximum atomic E-state index is 12.1. The second-order valence-corrected chi connectivity index (χ2v) is 5.97. The molecule has 0 saturated carbocycles. The van der Waals surface area contributed by atoms with Gasteiger partial charge in [-0.05, 0) is 38.1 Å². The van der Waals surface area contributed by atoms with E-state index >= 15 is 0 Å². The van der Waals surface area contributed by atoms with Crippen molar-refractivity contribution in [1.82, 2.24) is 10.2 Å². The zero-order valence-corrected chi connectivity index (χ0v) is 13.3. The van der Waals surface area contributed by atoms with Crippen molar-refractivity contribution in [3.05, 3.63) is 29.8 Å². The summed E-state index contributed by atoms with van der Waals surface area (Å²) in [7, 11) is 0. The van der Waals surface area contributed by atoms with E-state index < -0.39 is 5.72 Å². The molecule has 1 amide bonds. The summed E-state index contributed by atoms with van der Waals surface area (Å²) in [4.78, 5) is 14.3. The molecule has 1 aliphatic heterocycles. The molecule has 22 heavy (non-hydrogen) atoms. The summed E-state index contributed by atoms with van der Waals surface area (Å²) >= 11 is 0. The van der Waals surface area contributed by atoms with Crippen molar-refractivity contribution >= 4 is 11.6 Å². The van der Waals surface area contributed by atoms with Crippen LogP contribution in [0.1, 0.15) is 24.2 Å². The van der Waals surface area contributed by atoms with Gasteiger partial charge in [-0.2, -0.15) is 0 Å². The van der Waals surface area contributed by atoms with Gasteiger partial charge in [-0.1, -0.05) is 0 Å². The average Bonchev–Trinajstić information content (AvgIpc) is 2.47. The van der Waals surface area contributed by atoms with Gasteiger partial charge in [-0.3, -0.25) is 9.69 Å². The minimum absolute atomic E-state index is 0.0805. The van der Waals surface area contributed by atoms with Crippen molar-refractivity contribution in [2.45, 2.75) is 19.6 Å². The second-order valence-electron chi connectivity index (χ2n) is 5.97. The van der Waals surface area contributed by atoms with Crippen LogP contribution in [0.3, 0.4) is 0 Å². The van der Waals surface area contributed by atoms with Crippen LogP contribution in [0.2, 0.25) is 0 Å². The number of carbonyl (C=O) groups is 1. The largest absolute Gasteiger partial charge is 0.379 e. The number of aliphatic hydroxyl groups is 1. The Morgan fingerprint density at radius 1 is 1.27 bits per heavy atom. The molecule has 6 heteroatoms. The molecule has 2 rings (SSSR count). The second kappa shape index (κ2) is 7.58. The van der Waals surface area contributed by atoms with E-state index in [1.54, 1.807) is 38.1 Å². The Labute approximate surface area is 131 Å². The number of carbonyl (C=O) groups excluding carboxylic acids is 1. The highest BCUT2D eigenvalue weighted by Gasteiger charge is 2.13. The Bertz CT molecular complexity index is 476. The molecule has 0 aromatic heterocycles. The third-order valence-electron chi connectivity index (χ3n) is 3.41. The van der Waals surface area contributed by atoms with E-state index in [0.29, 0.717) is 12.1 Å². The molecule has 0 unspecified atom stereocenters. The topological polar surface area (TPSA) is 73.8 Å². The molecule has 3 N–H and O–H groups in total. The van der Waals surface area contributed by atoms with Crippen molar-refractivity contribution in [3.8, 4) is 0 Å². The average molecular weight is 307 g/mol. The molecule has 0 spiro atoms. The standard InChI is InChI=1S/C16H25N3O3/c1-16(2,21)18-14-5-3-13(4-6-14)15(20)17-7-8-19-9-11-22-12-10-19/h3-6,18,21H,7-12H2,1-2H3,(H,17,20). The normalized spacial score (nSPS) is 16.3. The highest BCUT2D eigenvalue weighted by molar-refractivity contribution is 5.94.